The average Bonchev–Trinajstić information content (AvgIpc) is 3.07. The minimum atomic E-state index is 0.568. The summed E-state index contributed by atoms with van der Waals surface area (Å²) in [6.07, 6.45) is 5.41. The molecule has 0 aliphatic carbocycles. The first kappa shape index (κ1) is 14.1. The lowest BCUT2D eigenvalue weighted by molar-refractivity contribution is 0.616. The molecule has 112 valence electrons. The van der Waals surface area contributed by atoms with Crippen LogP contribution in [-0.2, 0) is 33.5 Å². The van der Waals surface area contributed by atoms with Gasteiger partial charge in [0.25, 0.3) is 0 Å². The van der Waals surface area contributed by atoms with Crippen molar-refractivity contribution >= 4 is 22.8 Å². The maximum atomic E-state index is 5.91. The molecule has 0 atom stereocenters. The van der Waals surface area contributed by atoms with E-state index in [0.29, 0.717) is 5.88 Å². The van der Waals surface area contributed by atoms with Crippen molar-refractivity contribution in [1.82, 2.24) is 28.9 Å². The second-order valence-corrected chi connectivity index (χ2v) is 5.58. The first-order valence-electron chi connectivity index (χ1n) is 7.02. The smallest absolute Gasteiger partial charge is 0.158 e. The molecule has 3 rings (SSSR count). The zero-order valence-electron chi connectivity index (χ0n) is 12.5. The van der Waals surface area contributed by atoms with Gasteiger partial charge in [-0.25, -0.2) is 9.97 Å². The Kier molecular flexibility index (Phi) is 3.71. The third-order valence-corrected chi connectivity index (χ3v) is 3.96. The number of aromatic nitrogens is 6. The Morgan fingerprint density at radius 1 is 1.19 bits per heavy atom. The van der Waals surface area contributed by atoms with Gasteiger partial charge in [-0.1, -0.05) is 0 Å². The second-order valence-electron chi connectivity index (χ2n) is 5.20. The quantitative estimate of drug-likeness (QED) is 0.676. The van der Waals surface area contributed by atoms with Crippen molar-refractivity contribution < 1.29 is 0 Å². The minimum Gasteiger partial charge on any atom is -0.338 e. The first-order chi connectivity index (χ1) is 10.1. The zero-order valence-corrected chi connectivity index (χ0v) is 13.3. The standard InChI is InChI=1S/C14H19ClN6/c1-10-13-14(20(3)18-10)21(12(17-13)4-6-15)8-5-11-16-7-9-19(11)2/h7,9H,4-6,8H2,1-3H3. The van der Waals surface area contributed by atoms with E-state index in [9.17, 15) is 0 Å². The summed E-state index contributed by atoms with van der Waals surface area (Å²) in [6.45, 7) is 2.81. The summed E-state index contributed by atoms with van der Waals surface area (Å²) in [6, 6.07) is 0. The SMILES string of the molecule is Cc1nn(C)c2c1nc(CCCl)n2CCc1nccn1C. The van der Waals surface area contributed by atoms with E-state index >= 15 is 0 Å². The molecule has 3 heterocycles. The number of fused-ring (bicyclic) bond motifs is 1. The molecule has 0 spiro atoms. The molecule has 0 radical (unpaired) electrons. The number of hydrogen-bond acceptors (Lipinski definition) is 3. The van der Waals surface area contributed by atoms with Gasteiger partial charge < -0.3 is 9.13 Å². The molecule has 0 amide bonds. The van der Waals surface area contributed by atoms with Crippen LogP contribution in [0.4, 0.5) is 0 Å². The number of rotatable bonds is 5. The molecule has 0 bridgehead atoms. The van der Waals surface area contributed by atoms with E-state index in [1.807, 2.05) is 42.7 Å². The zero-order chi connectivity index (χ0) is 15.0. The molecular weight excluding hydrogens is 288 g/mol. The molecular formula is C14H19ClN6. The molecule has 0 aliphatic heterocycles. The maximum Gasteiger partial charge on any atom is 0.158 e. The van der Waals surface area contributed by atoms with E-state index in [2.05, 4.69) is 14.6 Å². The lowest BCUT2D eigenvalue weighted by atomic mass is 10.3. The van der Waals surface area contributed by atoms with Crippen LogP contribution in [0, 0.1) is 6.92 Å². The summed E-state index contributed by atoms with van der Waals surface area (Å²) < 4.78 is 6.16. The number of hydrogen-bond donors (Lipinski definition) is 0. The van der Waals surface area contributed by atoms with Gasteiger partial charge in [0.2, 0.25) is 0 Å². The number of nitrogens with zero attached hydrogens (tertiary/aromatic N) is 6. The highest BCUT2D eigenvalue weighted by Gasteiger charge is 2.17. The first-order valence-corrected chi connectivity index (χ1v) is 7.56. The highest BCUT2D eigenvalue weighted by molar-refractivity contribution is 6.17. The lowest BCUT2D eigenvalue weighted by Gasteiger charge is -2.09. The van der Waals surface area contributed by atoms with Gasteiger partial charge in [0, 0.05) is 51.8 Å². The van der Waals surface area contributed by atoms with Crippen LogP contribution in [0.2, 0.25) is 0 Å². The predicted molar refractivity (Wildman–Crippen MR) is 82.6 cm³/mol. The van der Waals surface area contributed by atoms with Crippen LogP contribution in [0.3, 0.4) is 0 Å². The number of aryl methyl sites for hydroxylation is 6. The minimum absolute atomic E-state index is 0.568. The molecule has 6 nitrogen and oxygen atoms in total. The lowest BCUT2D eigenvalue weighted by Crippen LogP contribution is -2.11. The molecule has 0 aromatic carbocycles. The van der Waals surface area contributed by atoms with E-state index in [0.717, 1.165) is 47.9 Å². The summed E-state index contributed by atoms with van der Waals surface area (Å²) in [5, 5.41) is 4.45. The van der Waals surface area contributed by atoms with Crippen molar-refractivity contribution in [1.29, 1.82) is 0 Å². The molecule has 0 aliphatic rings. The van der Waals surface area contributed by atoms with E-state index in [-0.39, 0.29) is 0 Å². The molecule has 0 unspecified atom stereocenters. The third kappa shape index (κ3) is 2.44. The average molecular weight is 307 g/mol. The van der Waals surface area contributed by atoms with Crippen LogP contribution < -0.4 is 0 Å². The molecule has 0 fully saturated rings. The van der Waals surface area contributed by atoms with Crippen molar-refractivity contribution in [3.63, 3.8) is 0 Å². The molecule has 21 heavy (non-hydrogen) atoms. The summed E-state index contributed by atoms with van der Waals surface area (Å²) in [7, 11) is 3.97. The van der Waals surface area contributed by atoms with Gasteiger partial charge in [0.15, 0.2) is 5.65 Å². The van der Waals surface area contributed by atoms with Crippen molar-refractivity contribution in [2.24, 2.45) is 14.1 Å². The molecule has 7 heteroatoms. The number of alkyl halides is 1. The van der Waals surface area contributed by atoms with E-state index < -0.39 is 0 Å². The van der Waals surface area contributed by atoms with Crippen LogP contribution in [0.15, 0.2) is 12.4 Å². The third-order valence-electron chi connectivity index (χ3n) is 3.77. The largest absolute Gasteiger partial charge is 0.338 e. The highest BCUT2D eigenvalue weighted by atomic mass is 35.5. The Hall–Kier alpha value is -1.82. The Morgan fingerprint density at radius 2 is 2.00 bits per heavy atom. The van der Waals surface area contributed by atoms with Crippen LogP contribution in [-0.4, -0.2) is 34.8 Å². The van der Waals surface area contributed by atoms with Crippen molar-refractivity contribution in [2.45, 2.75) is 26.3 Å². The number of imidazole rings is 2. The normalized spacial score (nSPS) is 11.6. The van der Waals surface area contributed by atoms with Crippen LogP contribution >= 0.6 is 11.6 Å². The Bertz CT molecular complexity index is 766. The van der Waals surface area contributed by atoms with Gasteiger partial charge in [0.1, 0.15) is 17.2 Å². The van der Waals surface area contributed by atoms with Crippen molar-refractivity contribution in [3.8, 4) is 0 Å². The van der Waals surface area contributed by atoms with Gasteiger partial charge >= 0.3 is 0 Å². The number of halogens is 1. The topological polar surface area (TPSA) is 53.5 Å². The van der Waals surface area contributed by atoms with Gasteiger partial charge in [-0.05, 0) is 6.92 Å². The fraction of sp³-hybridized carbons (Fsp3) is 0.500. The fourth-order valence-corrected chi connectivity index (χ4v) is 2.91. The molecule has 3 aromatic rings. The Balaban J connectivity index is 1.98. The van der Waals surface area contributed by atoms with Crippen LogP contribution in [0.25, 0.3) is 11.2 Å². The van der Waals surface area contributed by atoms with Gasteiger partial charge in [-0.2, -0.15) is 5.10 Å². The summed E-state index contributed by atoms with van der Waals surface area (Å²) >= 11 is 5.91. The van der Waals surface area contributed by atoms with E-state index in [4.69, 9.17) is 16.6 Å². The predicted octanol–water partition coefficient (Wildman–Crippen LogP) is 1.84. The molecule has 0 saturated heterocycles. The Labute approximate surface area is 128 Å². The highest BCUT2D eigenvalue weighted by Crippen LogP contribution is 2.20. The molecule has 3 aromatic heterocycles. The summed E-state index contributed by atoms with van der Waals surface area (Å²) in [4.78, 5) is 9.09. The van der Waals surface area contributed by atoms with Crippen molar-refractivity contribution in [3.05, 3.63) is 29.7 Å². The molecule has 0 saturated carbocycles. The van der Waals surface area contributed by atoms with Crippen LogP contribution in [0.1, 0.15) is 17.3 Å². The van der Waals surface area contributed by atoms with Crippen LogP contribution in [0.5, 0.6) is 0 Å². The van der Waals surface area contributed by atoms with Crippen molar-refractivity contribution in [2.75, 3.05) is 5.88 Å². The van der Waals surface area contributed by atoms with Gasteiger partial charge in [-0.3, -0.25) is 4.68 Å². The van der Waals surface area contributed by atoms with E-state index in [1.165, 1.54) is 0 Å². The van der Waals surface area contributed by atoms with Gasteiger partial charge in [0.05, 0.1) is 5.69 Å². The summed E-state index contributed by atoms with van der Waals surface area (Å²) in [5.74, 6) is 2.65. The monoisotopic (exact) mass is 306 g/mol. The van der Waals surface area contributed by atoms with E-state index in [1.54, 1.807) is 0 Å². The fourth-order valence-electron chi connectivity index (χ4n) is 2.74. The molecule has 0 N–H and O–H groups in total. The second kappa shape index (κ2) is 5.52. The maximum absolute atomic E-state index is 5.91. The Morgan fingerprint density at radius 3 is 2.67 bits per heavy atom. The van der Waals surface area contributed by atoms with Gasteiger partial charge in [-0.15, -0.1) is 11.6 Å². The summed E-state index contributed by atoms with van der Waals surface area (Å²) in [5.41, 5.74) is 2.98.